The van der Waals surface area contributed by atoms with Crippen LogP contribution >= 0.6 is 0 Å². The highest BCUT2D eigenvalue weighted by Gasteiger charge is 2.47. The minimum absolute atomic E-state index is 0.149. The van der Waals surface area contributed by atoms with Gasteiger partial charge in [0.05, 0.1) is 6.61 Å². The van der Waals surface area contributed by atoms with Crippen molar-refractivity contribution < 1.29 is 25.2 Å². The monoisotopic (exact) mass is 248 g/mol. The Labute approximate surface area is 102 Å². The molecule has 0 aromatic heterocycles. The first-order chi connectivity index (χ1) is 8.01. The molecule has 1 fully saturated rings. The summed E-state index contributed by atoms with van der Waals surface area (Å²) in [5.74, 6) is -1.72. The minimum atomic E-state index is -1.72. The van der Waals surface area contributed by atoms with Gasteiger partial charge in [0, 0.05) is 6.42 Å². The van der Waals surface area contributed by atoms with Crippen molar-refractivity contribution in [2.75, 3.05) is 6.61 Å². The van der Waals surface area contributed by atoms with Gasteiger partial charge in [-0.2, -0.15) is 0 Å². The predicted molar refractivity (Wildman–Crippen MR) is 62.3 cm³/mol. The summed E-state index contributed by atoms with van der Waals surface area (Å²) in [5, 5.41) is 38.5. The molecule has 1 heterocycles. The van der Waals surface area contributed by atoms with E-state index in [1.807, 2.05) is 0 Å². The third kappa shape index (κ3) is 3.89. The van der Waals surface area contributed by atoms with Crippen LogP contribution in [0.1, 0.15) is 45.4 Å². The summed E-state index contributed by atoms with van der Waals surface area (Å²) in [6.07, 6.45) is 1.45. The maximum absolute atomic E-state index is 10.0. The van der Waals surface area contributed by atoms with E-state index >= 15 is 0 Å². The summed E-state index contributed by atoms with van der Waals surface area (Å²) in [7, 11) is 0. The molecule has 0 bridgehead atoms. The van der Waals surface area contributed by atoms with E-state index < -0.39 is 24.1 Å². The summed E-state index contributed by atoms with van der Waals surface area (Å²) in [4.78, 5) is 0. The van der Waals surface area contributed by atoms with E-state index in [4.69, 9.17) is 4.74 Å². The van der Waals surface area contributed by atoms with Crippen LogP contribution in [0.15, 0.2) is 0 Å². The Kier molecular flexibility index (Phi) is 5.82. The van der Waals surface area contributed by atoms with Gasteiger partial charge in [-0.3, -0.25) is 0 Å². The molecule has 17 heavy (non-hydrogen) atoms. The third-order valence-electron chi connectivity index (χ3n) is 3.32. The summed E-state index contributed by atoms with van der Waals surface area (Å²) < 4.78 is 5.06. The molecule has 1 unspecified atom stereocenters. The van der Waals surface area contributed by atoms with Crippen molar-refractivity contribution in [3.8, 4) is 0 Å². The van der Waals surface area contributed by atoms with Gasteiger partial charge in [-0.25, -0.2) is 0 Å². The van der Waals surface area contributed by atoms with Gasteiger partial charge in [0.1, 0.15) is 18.3 Å². The van der Waals surface area contributed by atoms with Gasteiger partial charge in [0.2, 0.25) is 0 Å². The summed E-state index contributed by atoms with van der Waals surface area (Å²) >= 11 is 0. The van der Waals surface area contributed by atoms with Crippen molar-refractivity contribution >= 4 is 0 Å². The van der Waals surface area contributed by atoms with Crippen LogP contribution in [0.3, 0.4) is 0 Å². The lowest BCUT2D eigenvalue weighted by Crippen LogP contribution is -2.60. The van der Waals surface area contributed by atoms with E-state index in [9.17, 15) is 20.4 Å². The quantitative estimate of drug-likeness (QED) is 0.502. The molecule has 1 rings (SSSR count). The number of hydrogen-bond acceptors (Lipinski definition) is 5. The van der Waals surface area contributed by atoms with Crippen LogP contribution < -0.4 is 0 Å². The second-order valence-electron chi connectivity index (χ2n) is 4.82. The average Bonchev–Trinajstić information content (AvgIpc) is 2.32. The molecule has 102 valence electrons. The molecule has 5 heteroatoms. The standard InChI is InChI=1S/C12H24O5/c1-2-3-4-5-6-7-12(16)11(15)10(14)9(13)8-17-12/h9-11,13-16H,2-8H2,1H3/t9-,10+,11-,12?/m1/s1. The van der Waals surface area contributed by atoms with E-state index in [0.717, 1.165) is 32.1 Å². The zero-order chi connectivity index (χ0) is 12.9. The first-order valence-electron chi connectivity index (χ1n) is 6.42. The fraction of sp³-hybridized carbons (Fsp3) is 1.00. The summed E-state index contributed by atoms with van der Waals surface area (Å²) in [5.41, 5.74) is 0. The summed E-state index contributed by atoms with van der Waals surface area (Å²) in [6, 6.07) is 0. The molecular weight excluding hydrogens is 224 g/mol. The Balaban J connectivity index is 2.34. The zero-order valence-electron chi connectivity index (χ0n) is 10.4. The fourth-order valence-corrected chi connectivity index (χ4v) is 2.09. The van der Waals surface area contributed by atoms with E-state index in [1.54, 1.807) is 0 Å². The third-order valence-corrected chi connectivity index (χ3v) is 3.32. The lowest BCUT2D eigenvalue weighted by molar-refractivity contribution is -0.323. The van der Waals surface area contributed by atoms with E-state index in [2.05, 4.69) is 6.92 Å². The average molecular weight is 248 g/mol. The Morgan fingerprint density at radius 3 is 2.41 bits per heavy atom. The van der Waals surface area contributed by atoms with Crippen molar-refractivity contribution in [3.05, 3.63) is 0 Å². The van der Waals surface area contributed by atoms with Crippen molar-refractivity contribution in [1.29, 1.82) is 0 Å². The molecule has 1 saturated heterocycles. The smallest absolute Gasteiger partial charge is 0.194 e. The predicted octanol–water partition coefficient (Wildman–Crippen LogP) is 0.148. The number of aliphatic hydroxyl groups is 4. The first-order valence-corrected chi connectivity index (χ1v) is 6.42. The highest BCUT2D eigenvalue weighted by atomic mass is 16.6. The largest absolute Gasteiger partial charge is 0.388 e. The highest BCUT2D eigenvalue weighted by Crippen LogP contribution is 2.28. The molecule has 5 nitrogen and oxygen atoms in total. The Morgan fingerprint density at radius 1 is 1.12 bits per heavy atom. The van der Waals surface area contributed by atoms with Crippen LogP contribution in [0.2, 0.25) is 0 Å². The van der Waals surface area contributed by atoms with E-state index in [-0.39, 0.29) is 13.0 Å². The normalized spacial score (nSPS) is 38.3. The minimum Gasteiger partial charge on any atom is -0.388 e. The van der Waals surface area contributed by atoms with Crippen LogP contribution in [0.5, 0.6) is 0 Å². The van der Waals surface area contributed by atoms with Gasteiger partial charge in [0.25, 0.3) is 0 Å². The van der Waals surface area contributed by atoms with Crippen LogP contribution in [0, 0.1) is 0 Å². The van der Waals surface area contributed by atoms with Crippen LogP contribution in [-0.4, -0.2) is 51.1 Å². The molecular formula is C12H24O5. The lowest BCUT2D eigenvalue weighted by atomic mass is 9.92. The molecule has 0 aliphatic carbocycles. The Hall–Kier alpha value is -0.200. The van der Waals surface area contributed by atoms with Crippen molar-refractivity contribution in [1.82, 2.24) is 0 Å². The number of ether oxygens (including phenoxy) is 1. The second kappa shape index (κ2) is 6.66. The zero-order valence-corrected chi connectivity index (χ0v) is 10.4. The lowest BCUT2D eigenvalue weighted by Gasteiger charge is -2.41. The van der Waals surface area contributed by atoms with Crippen LogP contribution in [0.4, 0.5) is 0 Å². The van der Waals surface area contributed by atoms with Gasteiger partial charge in [0.15, 0.2) is 5.79 Å². The topological polar surface area (TPSA) is 90.2 Å². The Morgan fingerprint density at radius 2 is 1.76 bits per heavy atom. The molecule has 0 radical (unpaired) electrons. The second-order valence-corrected chi connectivity index (χ2v) is 4.82. The molecule has 0 aromatic carbocycles. The number of unbranched alkanes of at least 4 members (excludes halogenated alkanes) is 4. The number of hydrogen-bond donors (Lipinski definition) is 4. The molecule has 0 amide bonds. The van der Waals surface area contributed by atoms with Crippen molar-refractivity contribution in [2.45, 2.75) is 69.5 Å². The maximum atomic E-state index is 10.0. The van der Waals surface area contributed by atoms with Gasteiger partial charge >= 0.3 is 0 Å². The molecule has 0 spiro atoms. The molecule has 1 aliphatic heterocycles. The van der Waals surface area contributed by atoms with Gasteiger partial charge < -0.3 is 25.2 Å². The molecule has 4 atom stereocenters. The molecule has 0 aromatic rings. The van der Waals surface area contributed by atoms with Gasteiger partial charge in [-0.15, -0.1) is 0 Å². The Bertz CT molecular complexity index is 223. The van der Waals surface area contributed by atoms with E-state index in [1.165, 1.54) is 0 Å². The van der Waals surface area contributed by atoms with Crippen molar-refractivity contribution in [3.63, 3.8) is 0 Å². The molecule has 1 aliphatic rings. The number of rotatable bonds is 6. The number of aliphatic hydroxyl groups excluding tert-OH is 3. The van der Waals surface area contributed by atoms with Crippen LogP contribution in [-0.2, 0) is 4.74 Å². The van der Waals surface area contributed by atoms with Gasteiger partial charge in [-0.1, -0.05) is 32.6 Å². The van der Waals surface area contributed by atoms with Crippen LogP contribution in [0.25, 0.3) is 0 Å². The highest BCUT2D eigenvalue weighted by molar-refractivity contribution is 4.91. The summed E-state index contributed by atoms with van der Waals surface area (Å²) in [6.45, 7) is 1.98. The fourth-order valence-electron chi connectivity index (χ4n) is 2.09. The van der Waals surface area contributed by atoms with E-state index in [0.29, 0.717) is 0 Å². The molecule has 0 saturated carbocycles. The first kappa shape index (κ1) is 14.9. The van der Waals surface area contributed by atoms with Crippen molar-refractivity contribution in [2.24, 2.45) is 0 Å². The SMILES string of the molecule is CCCCCCCC1(O)OC[C@@H](O)[C@H](O)[C@H]1O. The maximum Gasteiger partial charge on any atom is 0.194 e. The molecule has 4 N–H and O–H groups in total. The van der Waals surface area contributed by atoms with Gasteiger partial charge in [-0.05, 0) is 6.42 Å².